The number of rotatable bonds is 5. The minimum Gasteiger partial charge on any atom is -0.276 e. The van der Waals surface area contributed by atoms with E-state index in [0.717, 1.165) is 0 Å². The van der Waals surface area contributed by atoms with Gasteiger partial charge in [0.2, 0.25) is 5.91 Å². The monoisotopic (exact) mass is 364 g/mol. The quantitative estimate of drug-likeness (QED) is 0.641. The molecule has 6 nitrogen and oxygen atoms in total. The SMILES string of the molecule is CCC1(CCC(C)C)C(=O)NC(=O)N(C(=O)c2cccc(Cl)c2)C1=O. The molecule has 1 atom stereocenters. The molecule has 0 radical (unpaired) electrons. The van der Waals surface area contributed by atoms with E-state index in [-0.39, 0.29) is 24.3 Å². The van der Waals surface area contributed by atoms with Gasteiger partial charge in [0.25, 0.3) is 11.8 Å². The first-order chi connectivity index (χ1) is 11.7. The number of halogens is 1. The second-order valence-corrected chi connectivity index (χ2v) is 7.02. The van der Waals surface area contributed by atoms with Crippen LogP contribution in [0.3, 0.4) is 0 Å². The fraction of sp³-hybridized carbons (Fsp3) is 0.444. The number of benzene rings is 1. The highest BCUT2D eigenvalue weighted by atomic mass is 35.5. The lowest BCUT2D eigenvalue weighted by atomic mass is 9.75. The van der Waals surface area contributed by atoms with Gasteiger partial charge < -0.3 is 0 Å². The van der Waals surface area contributed by atoms with Crippen molar-refractivity contribution in [2.45, 2.75) is 40.0 Å². The fourth-order valence-electron chi connectivity index (χ4n) is 2.86. The first-order valence-corrected chi connectivity index (χ1v) is 8.60. The number of nitrogens with one attached hydrogen (secondary N) is 1. The smallest absolute Gasteiger partial charge is 0.276 e. The van der Waals surface area contributed by atoms with Crippen molar-refractivity contribution in [1.82, 2.24) is 10.2 Å². The topological polar surface area (TPSA) is 83.6 Å². The number of amides is 5. The van der Waals surface area contributed by atoms with Crippen LogP contribution in [-0.2, 0) is 9.59 Å². The van der Waals surface area contributed by atoms with Crippen molar-refractivity contribution in [3.8, 4) is 0 Å². The van der Waals surface area contributed by atoms with Crippen LogP contribution < -0.4 is 5.32 Å². The summed E-state index contributed by atoms with van der Waals surface area (Å²) in [4.78, 5) is 50.8. The summed E-state index contributed by atoms with van der Waals surface area (Å²) in [7, 11) is 0. The Morgan fingerprint density at radius 2 is 1.96 bits per heavy atom. The summed E-state index contributed by atoms with van der Waals surface area (Å²) in [6.45, 7) is 5.67. The van der Waals surface area contributed by atoms with E-state index >= 15 is 0 Å². The average Bonchev–Trinajstić information content (AvgIpc) is 2.54. The zero-order valence-electron chi connectivity index (χ0n) is 14.5. The number of carbonyl (C=O) groups is 4. The van der Waals surface area contributed by atoms with E-state index in [9.17, 15) is 19.2 Å². The summed E-state index contributed by atoms with van der Waals surface area (Å²) in [6, 6.07) is 4.96. The summed E-state index contributed by atoms with van der Waals surface area (Å²) in [5, 5.41) is 2.48. The van der Waals surface area contributed by atoms with Crippen LogP contribution in [-0.4, -0.2) is 28.7 Å². The predicted octanol–water partition coefficient (Wildman–Crippen LogP) is 3.39. The van der Waals surface area contributed by atoms with Crippen LogP contribution in [0.25, 0.3) is 0 Å². The average molecular weight is 365 g/mol. The van der Waals surface area contributed by atoms with E-state index in [1.807, 2.05) is 13.8 Å². The number of nitrogens with zero attached hydrogens (tertiary/aromatic N) is 1. The maximum Gasteiger partial charge on any atom is 0.338 e. The highest BCUT2D eigenvalue weighted by Crippen LogP contribution is 2.35. The largest absolute Gasteiger partial charge is 0.338 e. The minimum absolute atomic E-state index is 0.110. The van der Waals surface area contributed by atoms with Gasteiger partial charge in [-0.3, -0.25) is 19.7 Å². The maximum atomic E-state index is 13.0. The summed E-state index contributed by atoms with van der Waals surface area (Å²) >= 11 is 5.88. The lowest BCUT2D eigenvalue weighted by Crippen LogP contribution is -2.65. The van der Waals surface area contributed by atoms with Gasteiger partial charge in [0.1, 0.15) is 5.41 Å². The summed E-state index contributed by atoms with van der Waals surface area (Å²) < 4.78 is 0. The van der Waals surface area contributed by atoms with Gasteiger partial charge in [-0.25, -0.2) is 4.79 Å². The number of hydrogen-bond donors (Lipinski definition) is 1. The van der Waals surface area contributed by atoms with E-state index in [4.69, 9.17) is 11.6 Å². The van der Waals surface area contributed by atoms with Crippen molar-refractivity contribution >= 4 is 35.4 Å². The Bertz CT molecular complexity index is 732. The van der Waals surface area contributed by atoms with Crippen LogP contribution in [0, 0.1) is 11.3 Å². The molecule has 1 saturated heterocycles. The third kappa shape index (κ3) is 3.58. The molecule has 0 spiro atoms. The van der Waals surface area contributed by atoms with Gasteiger partial charge in [0.05, 0.1) is 0 Å². The van der Waals surface area contributed by atoms with Gasteiger partial charge in [-0.15, -0.1) is 0 Å². The van der Waals surface area contributed by atoms with Crippen molar-refractivity contribution in [3.05, 3.63) is 34.9 Å². The molecule has 1 N–H and O–H groups in total. The van der Waals surface area contributed by atoms with E-state index < -0.39 is 29.2 Å². The molecule has 0 aromatic heterocycles. The van der Waals surface area contributed by atoms with Crippen molar-refractivity contribution in [3.63, 3.8) is 0 Å². The van der Waals surface area contributed by atoms with Crippen LogP contribution >= 0.6 is 11.6 Å². The summed E-state index contributed by atoms with van der Waals surface area (Å²) in [5.41, 5.74) is -1.30. The Hall–Kier alpha value is -2.21. The molecule has 2 rings (SSSR count). The fourth-order valence-corrected chi connectivity index (χ4v) is 3.05. The molecule has 7 heteroatoms. The van der Waals surface area contributed by atoms with Gasteiger partial charge in [0.15, 0.2) is 0 Å². The van der Waals surface area contributed by atoms with Crippen molar-refractivity contribution in [2.75, 3.05) is 0 Å². The normalized spacial score (nSPS) is 20.8. The number of hydrogen-bond acceptors (Lipinski definition) is 4. The molecule has 25 heavy (non-hydrogen) atoms. The van der Waals surface area contributed by atoms with Gasteiger partial charge in [0, 0.05) is 10.6 Å². The molecular weight excluding hydrogens is 344 g/mol. The highest BCUT2D eigenvalue weighted by molar-refractivity contribution is 6.31. The van der Waals surface area contributed by atoms with Crippen LogP contribution in [0.4, 0.5) is 4.79 Å². The molecule has 0 aliphatic carbocycles. The molecule has 1 aliphatic rings. The van der Waals surface area contributed by atoms with Gasteiger partial charge >= 0.3 is 6.03 Å². The zero-order chi connectivity index (χ0) is 18.8. The molecule has 1 aromatic carbocycles. The van der Waals surface area contributed by atoms with Gasteiger partial charge in [-0.05, 0) is 43.4 Å². The van der Waals surface area contributed by atoms with Crippen LogP contribution in [0.1, 0.15) is 50.4 Å². The molecule has 1 unspecified atom stereocenters. The van der Waals surface area contributed by atoms with Crippen LogP contribution in [0.5, 0.6) is 0 Å². The lowest BCUT2D eigenvalue weighted by molar-refractivity contribution is -0.150. The van der Waals surface area contributed by atoms with Crippen molar-refractivity contribution < 1.29 is 19.2 Å². The lowest BCUT2D eigenvalue weighted by Gasteiger charge is -2.38. The van der Waals surface area contributed by atoms with Crippen molar-refractivity contribution in [1.29, 1.82) is 0 Å². The molecule has 1 heterocycles. The molecule has 0 bridgehead atoms. The maximum absolute atomic E-state index is 13.0. The molecule has 1 aromatic rings. The third-order valence-electron chi connectivity index (χ3n) is 4.50. The molecule has 1 fully saturated rings. The van der Waals surface area contributed by atoms with E-state index in [2.05, 4.69) is 5.32 Å². The Labute approximate surface area is 151 Å². The second-order valence-electron chi connectivity index (χ2n) is 6.58. The Kier molecular flexibility index (Phi) is 5.62. The van der Waals surface area contributed by atoms with Gasteiger partial charge in [-0.2, -0.15) is 4.90 Å². The third-order valence-corrected chi connectivity index (χ3v) is 4.73. The Balaban J connectivity index is 2.40. The number of urea groups is 1. The first-order valence-electron chi connectivity index (χ1n) is 8.22. The molecule has 1 aliphatic heterocycles. The number of carbonyl (C=O) groups excluding carboxylic acids is 4. The predicted molar refractivity (Wildman–Crippen MR) is 93.0 cm³/mol. The Morgan fingerprint density at radius 3 is 2.52 bits per heavy atom. The van der Waals surface area contributed by atoms with E-state index in [0.29, 0.717) is 16.3 Å². The number of barbiturate groups is 1. The first kappa shape index (κ1) is 19.1. The molecule has 5 amide bonds. The van der Waals surface area contributed by atoms with Gasteiger partial charge in [-0.1, -0.05) is 38.4 Å². The van der Waals surface area contributed by atoms with E-state index in [1.54, 1.807) is 19.1 Å². The zero-order valence-corrected chi connectivity index (χ0v) is 15.2. The van der Waals surface area contributed by atoms with Crippen molar-refractivity contribution in [2.24, 2.45) is 11.3 Å². The molecule has 0 saturated carbocycles. The van der Waals surface area contributed by atoms with Crippen LogP contribution in [0.15, 0.2) is 24.3 Å². The standard InChI is InChI=1S/C18H21ClN2O4/c1-4-18(9-8-11(2)3)15(23)20-17(25)21(16(18)24)14(22)12-6-5-7-13(19)10-12/h5-7,10-11H,4,8-9H2,1-3H3,(H,20,23,25). The highest BCUT2D eigenvalue weighted by Gasteiger charge is 2.54. The molecular formula is C18H21ClN2O4. The summed E-state index contributed by atoms with van der Waals surface area (Å²) in [5.74, 6) is -1.92. The second kappa shape index (κ2) is 7.35. The van der Waals surface area contributed by atoms with Crippen LogP contribution in [0.2, 0.25) is 5.02 Å². The Morgan fingerprint density at radius 1 is 1.28 bits per heavy atom. The molecule has 134 valence electrons. The minimum atomic E-state index is -1.41. The van der Waals surface area contributed by atoms with E-state index in [1.165, 1.54) is 12.1 Å². The summed E-state index contributed by atoms with van der Waals surface area (Å²) in [6.07, 6.45) is 1.11. The number of imide groups is 4.